The minimum Gasteiger partial charge on any atom is -0.353 e. The van der Waals surface area contributed by atoms with E-state index in [0.717, 1.165) is 29.4 Å². The van der Waals surface area contributed by atoms with Crippen LogP contribution in [-0.4, -0.2) is 45.6 Å². The number of amides is 2. The molecule has 6 nitrogen and oxygen atoms in total. The molecule has 1 aliphatic heterocycles. The number of likely N-dealkylation sites (tertiary alicyclic amines) is 1. The highest BCUT2D eigenvalue weighted by atomic mass is 79.9. The van der Waals surface area contributed by atoms with E-state index in [2.05, 4.69) is 26.3 Å². The molecule has 0 saturated carbocycles. The van der Waals surface area contributed by atoms with Crippen LogP contribution in [0.15, 0.2) is 71.5 Å². The number of nitrogens with one attached hydrogen (secondary N) is 1. The second kappa shape index (κ2) is 9.92. The predicted molar refractivity (Wildman–Crippen MR) is 123 cm³/mol. The fraction of sp³-hybridized carbons (Fsp3) is 0.292. The highest BCUT2D eigenvalue weighted by molar-refractivity contribution is 9.10. The van der Waals surface area contributed by atoms with Crippen molar-refractivity contribution in [2.24, 2.45) is 0 Å². The second-order valence-electron chi connectivity index (χ2n) is 7.77. The molecule has 1 fully saturated rings. The molecule has 0 aliphatic carbocycles. The first-order valence-electron chi connectivity index (χ1n) is 10.5. The van der Waals surface area contributed by atoms with E-state index in [0.29, 0.717) is 25.1 Å². The molecule has 2 heterocycles. The van der Waals surface area contributed by atoms with Crippen LogP contribution in [0.5, 0.6) is 0 Å². The van der Waals surface area contributed by atoms with Crippen LogP contribution in [0.25, 0.3) is 5.69 Å². The van der Waals surface area contributed by atoms with Crippen LogP contribution in [0.2, 0.25) is 0 Å². The van der Waals surface area contributed by atoms with Gasteiger partial charge < -0.3 is 10.2 Å². The SMILES string of the molecule is O=C(CCc1ccccc1)NC1CCN(C(=O)c2ccc(-n3cc(Br)cn3)cc2)CC1. The molecule has 2 aromatic carbocycles. The predicted octanol–water partition coefficient (Wildman–Crippen LogP) is 3.99. The van der Waals surface area contributed by atoms with E-state index in [1.807, 2.05) is 65.7 Å². The van der Waals surface area contributed by atoms with E-state index in [1.165, 1.54) is 5.56 Å². The number of rotatable bonds is 6. The average Bonchev–Trinajstić information content (AvgIpc) is 3.25. The third-order valence-electron chi connectivity index (χ3n) is 5.56. The standard InChI is InChI=1S/C24H25BrN4O2/c25-20-16-26-29(17-20)22-9-7-19(8-10-22)24(31)28-14-12-21(13-15-28)27-23(30)11-6-18-4-2-1-3-5-18/h1-5,7-10,16-17,21H,6,11-15H2,(H,27,30). The minimum atomic E-state index is 0.0297. The minimum absolute atomic E-state index is 0.0297. The number of piperidine rings is 1. The van der Waals surface area contributed by atoms with Gasteiger partial charge in [-0.25, -0.2) is 4.68 Å². The Hall–Kier alpha value is -2.93. The summed E-state index contributed by atoms with van der Waals surface area (Å²) in [6, 6.07) is 17.6. The number of halogens is 1. The highest BCUT2D eigenvalue weighted by Crippen LogP contribution is 2.17. The largest absolute Gasteiger partial charge is 0.353 e. The van der Waals surface area contributed by atoms with Crippen molar-refractivity contribution in [2.45, 2.75) is 31.7 Å². The number of benzene rings is 2. The molecule has 0 atom stereocenters. The summed E-state index contributed by atoms with van der Waals surface area (Å²) < 4.78 is 2.66. The molecular formula is C24H25BrN4O2. The Morgan fingerprint density at radius 2 is 1.74 bits per heavy atom. The molecule has 160 valence electrons. The van der Waals surface area contributed by atoms with Crippen LogP contribution >= 0.6 is 15.9 Å². The second-order valence-corrected chi connectivity index (χ2v) is 8.69. The molecule has 1 N–H and O–H groups in total. The van der Waals surface area contributed by atoms with Gasteiger partial charge in [0.2, 0.25) is 5.91 Å². The Kier molecular flexibility index (Phi) is 6.82. The first-order valence-corrected chi connectivity index (χ1v) is 11.3. The van der Waals surface area contributed by atoms with E-state index in [-0.39, 0.29) is 17.9 Å². The van der Waals surface area contributed by atoms with Gasteiger partial charge in [-0.2, -0.15) is 5.10 Å². The number of hydrogen-bond donors (Lipinski definition) is 1. The molecule has 31 heavy (non-hydrogen) atoms. The summed E-state index contributed by atoms with van der Waals surface area (Å²) in [6.07, 6.45) is 6.39. The number of carbonyl (C=O) groups is 2. The molecule has 7 heteroatoms. The lowest BCUT2D eigenvalue weighted by Crippen LogP contribution is -2.46. The molecule has 0 bridgehead atoms. The highest BCUT2D eigenvalue weighted by Gasteiger charge is 2.24. The molecule has 1 aliphatic rings. The lowest BCUT2D eigenvalue weighted by Gasteiger charge is -2.32. The third kappa shape index (κ3) is 5.61. The zero-order chi connectivity index (χ0) is 21.6. The summed E-state index contributed by atoms with van der Waals surface area (Å²) in [5.41, 5.74) is 2.74. The van der Waals surface area contributed by atoms with Gasteiger partial charge in [0, 0.05) is 37.3 Å². The maximum absolute atomic E-state index is 12.8. The zero-order valence-corrected chi connectivity index (χ0v) is 18.8. The number of aromatic nitrogens is 2. The maximum atomic E-state index is 12.8. The zero-order valence-electron chi connectivity index (χ0n) is 17.2. The van der Waals surface area contributed by atoms with E-state index in [1.54, 1.807) is 10.9 Å². The topological polar surface area (TPSA) is 67.2 Å². The van der Waals surface area contributed by atoms with Crippen LogP contribution in [-0.2, 0) is 11.2 Å². The smallest absolute Gasteiger partial charge is 0.253 e. The van der Waals surface area contributed by atoms with Crippen molar-refractivity contribution >= 4 is 27.7 Å². The molecule has 0 unspecified atom stereocenters. The molecule has 0 radical (unpaired) electrons. The van der Waals surface area contributed by atoms with E-state index < -0.39 is 0 Å². The Morgan fingerprint density at radius 1 is 1.03 bits per heavy atom. The van der Waals surface area contributed by atoms with Gasteiger partial charge in [-0.3, -0.25) is 9.59 Å². The van der Waals surface area contributed by atoms with Crippen molar-refractivity contribution in [2.75, 3.05) is 13.1 Å². The first kappa shape index (κ1) is 21.3. The lowest BCUT2D eigenvalue weighted by molar-refractivity contribution is -0.122. The van der Waals surface area contributed by atoms with Crippen LogP contribution in [0, 0.1) is 0 Å². The van der Waals surface area contributed by atoms with Gasteiger partial charge in [0.05, 0.1) is 16.4 Å². The Bertz CT molecular complexity index is 1030. The van der Waals surface area contributed by atoms with Crippen molar-refractivity contribution in [3.8, 4) is 5.69 Å². The van der Waals surface area contributed by atoms with Gasteiger partial charge in [-0.15, -0.1) is 0 Å². The number of aryl methyl sites for hydroxylation is 1. The summed E-state index contributed by atoms with van der Waals surface area (Å²) in [5, 5.41) is 7.38. The van der Waals surface area contributed by atoms with Crippen LogP contribution in [0.4, 0.5) is 0 Å². The van der Waals surface area contributed by atoms with Crippen molar-refractivity contribution in [1.29, 1.82) is 0 Å². The van der Waals surface area contributed by atoms with Gasteiger partial charge in [0.15, 0.2) is 0 Å². The molecule has 4 rings (SSSR count). The molecule has 3 aromatic rings. The van der Waals surface area contributed by atoms with Gasteiger partial charge in [-0.1, -0.05) is 30.3 Å². The maximum Gasteiger partial charge on any atom is 0.253 e. The van der Waals surface area contributed by atoms with Crippen LogP contribution < -0.4 is 5.32 Å². The van der Waals surface area contributed by atoms with Crippen LogP contribution in [0.3, 0.4) is 0 Å². The van der Waals surface area contributed by atoms with E-state index in [9.17, 15) is 9.59 Å². The Labute approximate surface area is 190 Å². The van der Waals surface area contributed by atoms with E-state index >= 15 is 0 Å². The van der Waals surface area contributed by atoms with Crippen molar-refractivity contribution < 1.29 is 9.59 Å². The summed E-state index contributed by atoms with van der Waals surface area (Å²) >= 11 is 3.39. The summed E-state index contributed by atoms with van der Waals surface area (Å²) in [4.78, 5) is 27.0. The Morgan fingerprint density at radius 3 is 2.39 bits per heavy atom. The van der Waals surface area contributed by atoms with Crippen LogP contribution in [0.1, 0.15) is 35.2 Å². The quantitative estimate of drug-likeness (QED) is 0.579. The van der Waals surface area contributed by atoms with Gasteiger partial charge in [-0.05, 0) is 65.0 Å². The number of nitrogens with zero attached hydrogens (tertiary/aromatic N) is 3. The molecular weight excluding hydrogens is 456 g/mol. The van der Waals surface area contributed by atoms with Gasteiger partial charge in [0.25, 0.3) is 5.91 Å². The summed E-state index contributed by atoms with van der Waals surface area (Å²) in [7, 11) is 0. The lowest BCUT2D eigenvalue weighted by atomic mass is 10.0. The first-order chi connectivity index (χ1) is 15.1. The van der Waals surface area contributed by atoms with Crippen molar-refractivity contribution in [3.63, 3.8) is 0 Å². The van der Waals surface area contributed by atoms with Crippen molar-refractivity contribution in [3.05, 3.63) is 82.6 Å². The van der Waals surface area contributed by atoms with E-state index in [4.69, 9.17) is 0 Å². The fourth-order valence-electron chi connectivity index (χ4n) is 3.81. The average molecular weight is 481 g/mol. The third-order valence-corrected chi connectivity index (χ3v) is 5.97. The molecule has 1 aromatic heterocycles. The van der Waals surface area contributed by atoms with Gasteiger partial charge in [0.1, 0.15) is 0 Å². The summed E-state index contributed by atoms with van der Waals surface area (Å²) in [5.74, 6) is 0.108. The van der Waals surface area contributed by atoms with Gasteiger partial charge >= 0.3 is 0 Å². The normalized spacial score (nSPS) is 14.4. The number of hydrogen-bond acceptors (Lipinski definition) is 3. The van der Waals surface area contributed by atoms with Crippen molar-refractivity contribution in [1.82, 2.24) is 20.0 Å². The summed E-state index contributed by atoms with van der Waals surface area (Å²) in [6.45, 7) is 1.30. The Balaban J connectivity index is 1.24. The molecule has 0 spiro atoms. The number of carbonyl (C=O) groups excluding carboxylic acids is 2. The molecule has 2 amide bonds. The molecule has 1 saturated heterocycles. The monoisotopic (exact) mass is 480 g/mol. The fourth-order valence-corrected chi connectivity index (χ4v) is 4.10.